The van der Waals surface area contributed by atoms with Crippen LogP contribution in [-0.4, -0.2) is 205 Å². The molecule has 0 atom stereocenters. The number of benzene rings is 3. The minimum absolute atomic E-state index is 0.0345. The van der Waals surface area contributed by atoms with E-state index in [2.05, 4.69) is 43.1 Å². The summed E-state index contributed by atoms with van der Waals surface area (Å²) < 4.78 is 24.4. The number of nitrogens with zero attached hydrogens (tertiary/aromatic N) is 12. The molecular weight excluding hydrogens is 1270 g/mol. The number of piperidine rings is 6. The van der Waals surface area contributed by atoms with Crippen molar-refractivity contribution in [2.24, 2.45) is 30.5 Å². The summed E-state index contributed by atoms with van der Waals surface area (Å²) in [5.74, 6) is -2.10. The normalized spacial score (nSPS) is 18.1. The largest absolute Gasteiger partial charge is 0.462 e. The Bertz CT molecular complexity index is 3980. The fraction of sp³-hybridized carbons (Fsp3) is 0.542. The summed E-state index contributed by atoms with van der Waals surface area (Å²) in [5, 5.41) is 18.9. The third-order valence-electron chi connectivity index (χ3n) is 20.9. The number of esters is 1. The molecule has 99 heavy (non-hydrogen) atoms. The summed E-state index contributed by atoms with van der Waals surface area (Å²) >= 11 is 0. The summed E-state index contributed by atoms with van der Waals surface area (Å²) in [6.07, 6.45) is 12.5. The second kappa shape index (κ2) is 31.1. The number of nitrogens with two attached hydrogens (primary N) is 1. The predicted molar refractivity (Wildman–Crippen MR) is 367 cm³/mol. The van der Waals surface area contributed by atoms with Gasteiger partial charge < -0.3 is 55.8 Å². The van der Waals surface area contributed by atoms with Crippen LogP contribution in [0.25, 0.3) is 32.9 Å². The number of rotatable bonds is 20. The first-order valence-corrected chi connectivity index (χ1v) is 35.4. The fourth-order valence-electron chi connectivity index (χ4n) is 15.3. The molecule has 6 fully saturated rings. The van der Waals surface area contributed by atoms with Gasteiger partial charge in [0.05, 0.1) is 41.8 Å². The number of aromatic nitrogens is 6. The molecule has 6 aliphatic rings. The Hall–Kier alpha value is -9.56. The summed E-state index contributed by atoms with van der Waals surface area (Å²) in [5.41, 5.74) is 10.6. The first-order valence-electron chi connectivity index (χ1n) is 35.4. The Morgan fingerprint density at radius 1 is 0.606 bits per heavy atom. The second-order valence-electron chi connectivity index (χ2n) is 27.7. The lowest BCUT2D eigenvalue weighted by atomic mass is 9.87. The van der Waals surface area contributed by atoms with Gasteiger partial charge in [0.15, 0.2) is 11.5 Å². The highest BCUT2D eigenvalue weighted by Gasteiger charge is 2.39. The van der Waals surface area contributed by atoms with Gasteiger partial charge in [-0.15, -0.1) is 0 Å². The number of nitrogens with one attached hydrogen (secondary N) is 3. The minimum Gasteiger partial charge on any atom is -0.462 e. The van der Waals surface area contributed by atoms with Crippen molar-refractivity contribution in [1.82, 2.24) is 64.7 Å². The molecule has 9 heterocycles. The Morgan fingerprint density at radius 3 is 1.73 bits per heavy atom. The van der Waals surface area contributed by atoms with Crippen LogP contribution in [-0.2, 0) is 56.7 Å². The van der Waals surface area contributed by atoms with E-state index in [1.807, 2.05) is 39.0 Å². The lowest BCUT2D eigenvalue weighted by molar-refractivity contribution is -0.147. The van der Waals surface area contributed by atoms with Crippen LogP contribution in [0.3, 0.4) is 0 Å². The third-order valence-corrected chi connectivity index (χ3v) is 20.9. The van der Waals surface area contributed by atoms with Crippen molar-refractivity contribution >= 4 is 92.4 Å². The molecule has 27 heteroatoms. The molecule has 0 unspecified atom stereocenters. The van der Waals surface area contributed by atoms with E-state index in [9.17, 15) is 43.2 Å². The number of amides is 8. The van der Waals surface area contributed by atoms with Gasteiger partial charge in [-0.25, -0.2) is 14.4 Å². The number of ether oxygens (including phenoxy) is 1. The molecule has 6 aromatic rings. The van der Waals surface area contributed by atoms with E-state index >= 15 is 4.39 Å². The fourth-order valence-corrected chi connectivity index (χ4v) is 15.3. The quantitative estimate of drug-likeness (QED) is 0.0624. The summed E-state index contributed by atoms with van der Waals surface area (Å²) in [7, 11) is 1.78. The maximum absolute atomic E-state index is 16.1. The maximum atomic E-state index is 16.1. The van der Waals surface area contributed by atoms with E-state index in [0.717, 1.165) is 55.8 Å². The van der Waals surface area contributed by atoms with Gasteiger partial charge in [0.25, 0.3) is 5.91 Å². The Labute approximate surface area is 574 Å². The summed E-state index contributed by atoms with van der Waals surface area (Å²) in [6.45, 7) is 9.20. The van der Waals surface area contributed by atoms with Crippen molar-refractivity contribution in [3.05, 3.63) is 89.8 Å². The average Bonchev–Trinajstić information content (AvgIpc) is 1.63. The first-order chi connectivity index (χ1) is 47.8. The Morgan fingerprint density at radius 2 is 1.15 bits per heavy atom. The standard InChI is InChI=1S/C72H91FN16O10/c1-45(2)99-64(94)43-76-60(90)42-75-61(91)44-89-57-9-7-8-54(55-39-58-52(38-56(55)73)40-78-82(58)3)65(57)66(81-89)48-18-28-84(29-19-48)62(92)14-15-63(93)85-30-20-49(21-31-85)70(96)87-34-24-51(25-35-87)72(98)88-36-22-50(23-37-88)71(97)86-32-16-47(17-33-86)46-10-12-53(13-11-46)79-69-67(68(74)95)77-41-59(80-69)83-26-5-4-6-27-83/h7-13,38-41,45,47-51H,4-6,14-37,42-44H2,1-3H3,(H2,74,95)(H,75,91)(H,76,90)(H,79,80). The molecule has 0 bridgehead atoms. The molecule has 8 amide bonds. The highest BCUT2D eigenvalue weighted by molar-refractivity contribution is 6.00. The maximum Gasteiger partial charge on any atom is 0.325 e. The average molecular weight is 1360 g/mol. The number of hydrogen-bond donors (Lipinski definition) is 4. The predicted octanol–water partition coefficient (Wildman–Crippen LogP) is 6.14. The third kappa shape index (κ3) is 16.3. The van der Waals surface area contributed by atoms with E-state index in [4.69, 9.17) is 20.6 Å². The van der Waals surface area contributed by atoms with Gasteiger partial charge in [-0.2, -0.15) is 10.2 Å². The van der Waals surface area contributed by atoms with Crippen molar-refractivity contribution in [2.75, 3.05) is 102 Å². The number of fused-ring (bicyclic) bond motifs is 2. The molecular formula is C72H91FN16O10. The van der Waals surface area contributed by atoms with Crippen molar-refractivity contribution < 1.29 is 52.3 Å². The van der Waals surface area contributed by atoms with E-state index < -0.39 is 29.5 Å². The highest BCUT2D eigenvalue weighted by Crippen LogP contribution is 2.41. The second-order valence-corrected chi connectivity index (χ2v) is 27.7. The highest BCUT2D eigenvalue weighted by atomic mass is 19.1. The molecule has 0 spiro atoms. The SMILES string of the molecule is CC(C)OC(=O)CNC(=O)CNC(=O)Cn1nc(C2CCN(C(=O)CCC(=O)N3CCC(C(=O)N4CCC(C(=O)N5CCC(C(=O)N6CCC(c7ccc(Nc8nc(N9CCCCC9)cnc8C(N)=O)cc7)CC6)CC5)CC4)CC3)CC2)c2c(-c3cc4c(cnn4C)cc3F)cccc21. The van der Waals surface area contributed by atoms with Crippen LogP contribution in [0.1, 0.15) is 144 Å². The van der Waals surface area contributed by atoms with E-state index in [1.165, 1.54) is 18.1 Å². The number of aryl methyl sites for hydroxylation is 1. The topological polar surface area (TPSA) is 306 Å². The zero-order valence-corrected chi connectivity index (χ0v) is 56.9. The molecule has 6 saturated heterocycles. The van der Waals surface area contributed by atoms with Gasteiger partial charge in [0.1, 0.15) is 24.7 Å². The van der Waals surface area contributed by atoms with Gasteiger partial charge in [-0.1, -0.05) is 24.3 Å². The van der Waals surface area contributed by atoms with Crippen LogP contribution in [0.5, 0.6) is 0 Å². The first kappa shape index (κ1) is 69.3. The molecule has 12 rings (SSSR count). The number of hydrogen-bond acceptors (Lipinski definition) is 16. The van der Waals surface area contributed by atoms with Crippen molar-refractivity contribution in [2.45, 2.75) is 135 Å². The van der Waals surface area contributed by atoms with Gasteiger partial charge in [-0.3, -0.25) is 52.5 Å². The lowest BCUT2D eigenvalue weighted by Crippen LogP contribution is -2.50. The number of anilines is 3. The van der Waals surface area contributed by atoms with Crippen LogP contribution >= 0.6 is 0 Å². The van der Waals surface area contributed by atoms with Gasteiger partial charge in [0.2, 0.25) is 41.4 Å². The van der Waals surface area contributed by atoms with Gasteiger partial charge in [0, 0.05) is 144 Å². The van der Waals surface area contributed by atoms with Gasteiger partial charge in [-0.05, 0) is 145 Å². The number of primary amides is 1. The molecule has 0 aliphatic carbocycles. The Kier molecular flexibility index (Phi) is 21.8. The number of halogens is 1. The van der Waals surface area contributed by atoms with E-state index in [0.29, 0.717) is 162 Å². The zero-order chi connectivity index (χ0) is 69.4. The van der Waals surface area contributed by atoms with E-state index in [-0.39, 0.29) is 97.5 Å². The molecule has 3 aromatic heterocycles. The molecule has 26 nitrogen and oxygen atoms in total. The van der Waals surface area contributed by atoms with Crippen LogP contribution < -0.4 is 26.6 Å². The van der Waals surface area contributed by atoms with Crippen LogP contribution in [0.4, 0.5) is 21.7 Å². The van der Waals surface area contributed by atoms with E-state index in [1.54, 1.807) is 64.6 Å². The van der Waals surface area contributed by atoms with Crippen LogP contribution in [0, 0.1) is 23.6 Å². The van der Waals surface area contributed by atoms with Crippen molar-refractivity contribution in [3.63, 3.8) is 0 Å². The van der Waals surface area contributed by atoms with Crippen molar-refractivity contribution in [1.29, 1.82) is 0 Å². The monoisotopic (exact) mass is 1360 g/mol. The van der Waals surface area contributed by atoms with Crippen molar-refractivity contribution in [3.8, 4) is 11.1 Å². The zero-order valence-electron chi connectivity index (χ0n) is 56.9. The molecule has 6 aliphatic heterocycles. The number of carbonyl (C=O) groups excluding carboxylic acids is 9. The lowest BCUT2D eigenvalue weighted by Gasteiger charge is -2.40. The molecule has 526 valence electrons. The van der Waals surface area contributed by atoms with Crippen LogP contribution in [0.15, 0.2) is 67.0 Å². The number of likely N-dealkylation sites (tertiary alicyclic amines) is 5. The Balaban J connectivity index is 0.555. The number of carbonyl (C=O) groups is 9. The smallest absolute Gasteiger partial charge is 0.325 e. The molecule has 0 radical (unpaired) electrons. The molecule has 3 aromatic carbocycles. The minimum atomic E-state index is -0.647. The molecule has 5 N–H and O–H groups in total. The summed E-state index contributed by atoms with van der Waals surface area (Å²) in [6, 6.07) is 16.7. The summed E-state index contributed by atoms with van der Waals surface area (Å²) in [4.78, 5) is 140. The molecule has 0 saturated carbocycles. The van der Waals surface area contributed by atoms with Gasteiger partial charge >= 0.3 is 5.97 Å². The van der Waals surface area contributed by atoms with Crippen LogP contribution in [0.2, 0.25) is 0 Å².